The number of hydrogen-bond donors (Lipinski definition) is 0. The Labute approximate surface area is 113 Å². The van der Waals surface area contributed by atoms with E-state index in [1.165, 1.54) is 6.08 Å². The SMILES string of the molecule is C=Cc1c(Cl)c([N+](=O)[O-])nn(C2CCCCO2)c1=O. The van der Waals surface area contributed by atoms with Gasteiger partial charge in [0.05, 0.1) is 10.7 Å². The Morgan fingerprint density at radius 2 is 2.32 bits per heavy atom. The van der Waals surface area contributed by atoms with E-state index in [4.69, 9.17) is 16.3 Å². The van der Waals surface area contributed by atoms with Crippen molar-refractivity contribution in [2.75, 3.05) is 6.61 Å². The van der Waals surface area contributed by atoms with Gasteiger partial charge in [-0.05, 0) is 24.2 Å². The number of nitro groups is 1. The van der Waals surface area contributed by atoms with Gasteiger partial charge in [0, 0.05) is 6.61 Å². The molecule has 1 saturated heterocycles. The number of aromatic nitrogens is 2. The summed E-state index contributed by atoms with van der Waals surface area (Å²) >= 11 is 5.79. The molecule has 7 nitrogen and oxygen atoms in total. The van der Waals surface area contributed by atoms with Crippen molar-refractivity contribution in [3.8, 4) is 0 Å². The Morgan fingerprint density at radius 1 is 1.58 bits per heavy atom. The van der Waals surface area contributed by atoms with Gasteiger partial charge in [0.1, 0.15) is 0 Å². The van der Waals surface area contributed by atoms with Crippen molar-refractivity contribution in [3.05, 3.63) is 37.6 Å². The molecular formula is C11H12ClN3O4. The lowest BCUT2D eigenvalue weighted by Crippen LogP contribution is -2.33. The topological polar surface area (TPSA) is 87.3 Å². The molecule has 1 aromatic rings. The minimum absolute atomic E-state index is 0.0301. The van der Waals surface area contributed by atoms with E-state index >= 15 is 0 Å². The summed E-state index contributed by atoms with van der Waals surface area (Å²) in [5, 5.41) is 14.3. The van der Waals surface area contributed by atoms with Gasteiger partial charge in [-0.25, -0.2) is 0 Å². The Kier molecular flexibility index (Phi) is 3.96. The van der Waals surface area contributed by atoms with Gasteiger partial charge >= 0.3 is 5.82 Å². The smallest absolute Gasteiger partial charge is 0.358 e. The van der Waals surface area contributed by atoms with E-state index in [9.17, 15) is 14.9 Å². The lowest BCUT2D eigenvalue weighted by atomic mass is 10.2. The van der Waals surface area contributed by atoms with Gasteiger partial charge < -0.3 is 14.9 Å². The van der Waals surface area contributed by atoms with Gasteiger partial charge in [0.2, 0.25) is 0 Å². The Morgan fingerprint density at radius 3 is 2.84 bits per heavy atom. The second-order valence-corrected chi connectivity index (χ2v) is 4.46. The first-order chi connectivity index (χ1) is 9.06. The van der Waals surface area contributed by atoms with E-state index in [-0.39, 0.29) is 10.6 Å². The largest absolute Gasteiger partial charge is 0.408 e. The summed E-state index contributed by atoms with van der Waals surface area (Å²) in [5.41, 5.74) is -0.560. The molecule has 0 amide bonds. The average Bonchev–Trinajstić information content (AvgIpc) is 2.40. The fourth-order valence-corrected chi connectivity index (χ4v) is 2.20. The molecule has 102 valence electrons. The molecule has 0 bridgehead atoms. The second-order valence-electron chi connectivity index (χ2n) is 4.08. The highest BCUT2D eigenvalue weighted by molar-refractivity contribution is 6.33. The van der Waals surface area contributed by atoms with Crippen LogP contribution < -0.4 is 5.56 Å². The van der Waals surface area contributed by atoms with Crippen LogP contribution in [0.3, 0.4) is 0 Å². The highest BCUT2D eigenvalue weighted by atomic mass is 35.5. The maximum absolute atomic E-state index is 12.1. The van der Waals surface area contributed by atoms with E-state index in [0.717, 1.165) is 17.5 Å². The third-order valence-electron chi connectivity index (χ3n) is 2.88. The van der Waals surface area contributed by atoms with Crippen molar-refractivity contribution in [2.45, 2.75) is 25.5 Å². The van der Waals surface area contributed by atoms with Crippen molar-refractivity contribution in [1.82, 2.24) is 9.78 Å². The molecule has 1 fully saturated rings. The Hall–Kier alpha value is -1.73. The molecule has 1 aromatic heterocycles. The standard InChI is InChI=1S/C11H12ClN3O4/c1-2-7-9(12)10(15(17)18)13-14(11(7)16)8-5-3-4-6-19-8/h2,8H,1,3-6H2. The summed E-state index contributed by atoms with van der Waals surface area (Å²) in [6.45, 7) is 3.95. The number of hydrogen-bond acceptors (Lipinski definition) is 5. The number of rotatable bonds is 3. The molecule has 2 rings (SSSR count). The fourth-order valence-electron chi connectivity index (χ4n) is 1.93. The third kappa shape index (κ3) is 2.52. The molecule has 1 atom stereocenters. The van der Waals surface area contributed by atoms with Gasteiger partial charge in [-0.1, -0.05) is 24.3 Å². The van der Waals surface area contributed by atoms with Gasteiger partial charge in [-0.15, -0.1) is 4.68 Å². The molecule has 0 radical (unpaired) electrons. The maximum Gasteiger partial charge on any atom is 0.408 e. The molecule has 19 heavy (non-hydrogen) atoms. The summed E-state index contributed by atoms with van der Waals surface area (Å²) in [6.07, 6.45) is 2.96. The number of ether oxygens (including phenoxy) is 1. The highest BCUT2D eigenvalue weighted by Gasteiger charge is 2.28. The summed E-state index contributed by atoms with van der Waals surface area (Å²) in [6, 6.07) is 0. The van der Waals surface area contributed by atoms with E-state index < -0.39 is 22.5 Å². The van der Waals surface area contributed by atoms with Crippen LogP contribution in [0.2, 0.25) is 5.02 Å². The van der Waals surface area contributed by atoms with Crippen LogP contribution in [0.5, 0.6) is 0 Å². The molecule has 2 heterocycles. The van der Waals surface area contributed by atoms with Crippen LogP contribution >= 0.6 is 11.6 Å². The molecule has 1 unspecified atom stereocenters. The van der Waals surface area contributed by atoms with Gasteiger partial charge in [0.15, 0.2) is 11.3 Å². The van der Waals surface area contributed by atoms with Gasteiger partial charge in [0.25, 0.3) is 5.56 Å². The molecule has 0 saturated carbocycles. The molecule has 0 aromatic carbocycles. The van der Waals surface area contributed by atoms with Crippen molar-refractivity contribution in [3.63, 3.8) is 0 Å². The first kappa shape index (κ1) is 13.7. The second kappa shape index (κ2) is 5.50. The van der Waals surface area contributed by atoms with Crippen LogP contribution in [0.25, 0.3) is 6.08 Å². The summed E-state index contributed by atoms with van der Waals surface area (Å²) in [5.74, 6) is -0.564. The molecular weight excluding hydrogens is 274 g/mol. The summed E-state index contributed by atoms with van der Waals surface area (Å²) in [4.78, 5) is 22.3. The monoisotopic (exact) mass is 285 g/mol. The average molecular weight is 286 g/mol. The van der Waals surface area contributed by atoms with Crippen LogP contribution in [0, 0.1) is 10.1 Å². The lowest BCUT2D eigenvalue weighted by Gasteiger charge is -2.21. The first-order valence-corrected chi connectivity index (χ1v) is 6.14. The zero-order chi connectivity index (χ0) is 14.0. The van der Waals surface area contributed by atoms with E-state index in [1.807, 2.05) is 0 Å². The Bertz CT molecular complexity index is 578. The third-order valence-corrected chi connectivity index (χ3v) is 3.25. The van der Waals surface area contributed by atoms with Crippen LogP contribution in [0.15, 0.2) is 11.4 Å². The quantitative estimate of drug-likeness (QED) is 0.627. The molecule has 1 aliphatic rings. The van der Waals surface area contributed by atoms with Crippen molar-refractivity contribution < 1.29 is 9.66 Å². The van der Waals surface area contributed by atoms with Crippen molar-refractivity contribution in [2.24, 2.45) is 0 Å². The zero-order valence-corrected chi connectivity index (χ0v) is 10.8. The molecule has 1 aliphatic heterocycles. The predicted octanol–water partition coefficient (Wildman–Crippen LogP) is 2.15. The molecule has 0 aliphatic carbocycles. The van der Waals surface area contributed by atoms with Crippen LogP contribution in [-0.2, 0) is 4.74 Å². The Balaban J connectivity index is 2.60. The summed E-state index contributed by atoms with van der Waals surface area (Å²) in [7, 11) is 0. The van der Waals surface area contributed by atoms with E-state index in [2.05, 4.69) is 11.7 Å². The normalized spacial score (nSPS) is 19.1. The molecule has 0 N–H and O–H groups in total. The first-order valence-electron chi connectivity index (χ1n) is 5.77. The zero-order valence-electron chi connectivity index (χ0n) is 10.0. The highest BCUT2D eigenvalue weighted by Crippen LogP contribution is 2.26. The van der Waals surface area contributed by atoms with Crippen LogP contribution in [0.1, 0.15) is 31.1 Å². The fraction of sp³-hybridized carbons (Fsp3) is 0.455. The van der Waals surface area contributed by atoms with Crippen molar-refractivity contribution in [1.29, 1.82) is 0 Å². The van der Waals surface area contributed by atoms with E-state index in [0.29, 0.717) is 13.0 Å². The molecule has 8 heteroatoms. The van der Waals surface area contributed by atoms with E-state index in [1.54, 1.807) is 0 Å². The number of halogens is 1. The van der Waals surface area contributed by atoms with Crippen LogP contribution in [-0.4, -0.2) is 21.3 Å². The molecule has 0 spiro atoms. The van der Waals surface area contributed by atoms with Crippen LogP contribution in [0.4, 0.5) is 5.82 Å². The predicted molar refractivity (Wildman–Crippen MR) is 69.1 cm³/mol. The minimum atomic E-state index is -0.728. The minimum Gasteiger partial charge on any atom is -0.358 e. The number of nitrogens with zero attached hydrogens (tertiary/aromatic N) is 3. The van der Waals surface area contributed by atoms with Gasteiger partial charge in [-0.2, -0.15) is 0 Å². The lowest BCUT2D eigenvalue weighted by molar-refractivity contribution is -0.390. The van der Waals surface area contributed by atoms with Crippen molar-refractivity contribution >= 4 is 23.5 Å². The summed E-state index contributed by atoms with van der Waals surface area (Å²) < 4.78 is 6.41. The maximum atomic E-state index is 12.1. The van der Waals surface area contributed by atoms with Gasteiger partial charge in [-0.3, -0.25) is 4.79 Å².